The third-order valence-corrected chi connectivity index (χ3v) is 16.0. The van der Waals surface area contributed by atoms with Gasteiger partial charge < -0.3 is 0 Å². The van der Waals surface area contributed by atoms with Gasteiger partial charge in [0.1, 0.15) is 0 Å². The summed E-state index contributed by atoms with van der Waals surface area (Å²) in [6, 6.07) is 11.1. The summed E-state index contributed by atoms with van der Waals surface area (Å²) in [4.78, 5) is 35.3. The molecule has 148 valence electrons. The van der Waals surface area contributed by atoms with Gasteiger partial charge in [0, 0.05) is 0 Å². The number of benzene rings is 2. The van der Waals surface area contributed by atoms with Crippen molar-refractivity contribution in [2.45, 2.75) is 34.6 Å². The van der Waals surface area contributed by atoms with Crippen molar-refractivity contribution in [2.24, 2.45) is 0 Å². The molecule has 8 heteroatoms. The molecule has 0 atom stereocenters. The number of halogens is 1. The first-order valence-corrected chi connectivity index (χ1v) is 15.6. The number of carbonyl (C=O) groups is 3. The molecule has 0 amide bonds. The predicted molar refractivity (Wildman–Crippen MR) is 107 cm³/mol. The molecule has 0 saturated carbocycles. The average Bonchev–Trinajstić information content (AvgIpc) is 2.52. The predicted octanol–water partition coefficient (Wildman–Crippen LogP) is 3.46. The van der Waals surface area contributed by atoms with Crippen molar-refractivity contribution in [3.63, 3.8) is 0 Å². The van der Waals surface area contributed by atoms with Gasteiger partial charge in [-0.15, -0.1) is 0 Å². The molecule has 0 unspecified atom stereocenters. The van der Waals surface area contributed by atoms with Crippen LogP contribution in [0.5, 0.6) is 0 Å². The van der Waals surface area contributed by atoms with Crippen molar-refractivity contribution in [1.29, 1.82) is 0 Å². The van der Waals surface area contributed by atoms with Gasteiger partial charge in [0.15, 0.2) is 0 Å². The summed E-state index contributed by atoms with van der Waals surface area (Å²) < 4.78 is 16.8. The van der Waals surface area contributed by atoms with Crippen LogP contribution in [0.3, 0.4) is 0 Å². The number of hydrogen-bond acceptors (Lipinski definition) is 6. The van der Waals surface area contributed by atoms with Gasteiger partial charge in [-0.3, -0.25) is 0 Å². The van der Waals surface area contributed by atoms with E-state index in [9.17, 15) is 14.4 Å². The summed E-state index contributed by atoms with van der Waals surface area (Å²) in [5.41, 5.74) is 3.26. The molecule has 0 aliphatic heterocycles. The van der Waals surface area contributed by atoms with E-state index in [0.29, 0.717) is 19.3 Å². The molecule has 2 rings (SSSR count). The van der Waals surface area contributed by atoms with Crippen molar-refractivity contribution >= 4 is 55.2 Å². The summed E-state index contributed by atoms with van der Waals surface area (Å²) in [7, 11) is 0. The topological polar surface area (TPSA) is 78.9 Å². The summed E-state index contributed by atoms with van der Waals surface area (Å²) in [6.45, 7) is 7.16. The second kappa shape index (κ2) is 9.04. The fourth-order valence-corrected chi connectivity index (χ4v) is 13.6. The van der Waals surface area contributed by atoms with Gasteiger partial charge in [0.2, 0.25) is 0 Å². The van der Waals surface area contributed by atoms with Crippen LogP contribution < -0.4 is 3.12 Å². The Balaban J connectivity index is 2.67. The molecule has 0 fully saturated rings. The first kappa shape index (κ1) is 22.4. The second-order valence-corrected chi connectivity index (χ2v) is 15.4. The van der Waals surface area contributed by atoms with E-state index < -0.39 is 40.4 Å². The zero-order valence-electron chi connectivity index (χ0n) is 16.3. The number of rotatable bonds is 5. The van der Waals surface area contributed by atoms with Gasteiger partial charge in [-0.25, -0.2) is 0 Å². The van der Waals surface area contributed by atoms with E-state index in [4.69, 9.17) is 19.7 Å². The molecule has 0 aliphatic rings. The minimum atomic E-state index is -5.27. The van der Waals surface area contributed by atoms with Crippen molar-refractivity contribution < 1.29 is 22.4 Å². The van der Waals surface area contributed by atoms with E-state index in [1.165, 1.54) is 20.8 Å². The molecule has 0 heterocycles. The Hall–Kier alpha value is -1.94. The van der Waals surface area contributed by atoms with Crippen molar-refractivity contribution in [3.05, 3.63) is 52.5 Å². The second-order valence-electron chi connectivity index (χ2n) is 6.33. The molecule has 6 nitrogen and oxygen atoms in total. The molecular weight excluding hydrogens is 579 g/mol. The summed E-state index contributed by atoms with van der Waals surface area (Å²) in [6.07, 6.45) is 0. The van der Waals surface area contributed by atoms with E-state index in [2.05, 4.69) is 0 Å². The molecule has 0 bridgehead atoms. The summed E-state index contributed by atoms with van der Waals surface area (Å²) in [5, 5.41) is 0.629. The van der Waals surface area contributed by atoms with Gasteiger partial charge >= 0.3 is 176 Å². The van der Waals surface area contributed by atoms with E-state index in [1.54, 1.807) is 26.0 Å². The fraction of sp³-hybridized carbons (Fsp3) is 0.250. The molecule has 28 heavy (non-hydrogen) atoms. The Morgan fingerprint density at radius 3 is 1.50 bits per heavy atom. The molecule has 2 aromatic rings. The van der Waals surface area contributed by atoms with E-state index in [1.807, 2.05) is 24.3 Å². The normalized spacial score (nSPS) is 10.9. The maximum absolute atomic E-state index is 11.8. The average molecular weight is 600 g/mol. The van der Waals surface area contributed by atoms with Crippen molar-refractivity contribution in [1.82, 2.24) is 0 Å². The molecular formula is C20H21ClO6Pb. The molecule has 0 saturated heterocycles. The number of hydrogen-bond donors (Lipinski definition) is 0. The summed E-state index contributed by atoms with van der Waals surface area (Å²) >= 11 is 0.689. The monoisotopic (exact) mass is 600 g/mol. The standard InChI is InChI=1S/C14H12Cl.3C2H4O2.Pb/c1-10-7-11(2)9-13(8-10)12-3-5-14(15)6-4-12;3*1-2(3)4;/h3-6,8-9H,1-2H3;3*1H3,(H,3,4);/q;;;;+3/p-3. The third-order valence-electron chi connectivity index (χ3n) is 3.85. The Bertz CT molecular complexity index is 859. The van der Waals surface area contributed by atoms with Crippen LogP contribution in [0.1, 0.15) is 31.9 Å². The third kappa shape index (κ3) is 5.32. The van der Waals surface area contributed by atoms with Gasteiger partial charge in [0.05, 0.1) is 0 Å². The Labute approximate surface area is 175 Å². The molecule has 0 aromatic heterocycles. The zero-order valence-corrected chi connectivity index (χ0v) is 20.9. The van der Waals surface area contributed by atoms with Crippen molar-refractivity contribution in [3.8, 4) is 11.1 Å². The van der Waals surface area contributed by atoms with Crippen molar-refractivity contribution in [2.75, 3.05) is 0 Å². The molecule has 0 radical (unpaired) electrons. The van der Waals surface area contributed by atoms with Crippen LogP contribution >= 0.6 is 11.6 Å². The Morgan fingerprint density at radius 2 is 1.14 bits per heavy atom. The van der Waals surface area contributed by atoms with Crippen LogP contribution in [0.15, 0.2) is 36.4 Å². The van der Waals surface area contributed by atoms with Crippen LogP contribution in [-0.4, -0.2) is 40.4 Å². The van der Waals surface area contributed by atoms with Crippen LogP contribution in [0, 0.1) is 13.8 Å². The SMILES string of the molecule is CC(=O)[O][Pb]([O]C(C)=O)([O]C(C)=O)[c]1c(C)cc(-c2ccc(Cl)cc2)cc1C. The molecule has 2 aromatic carbocycles. The first-order valence-electron chi connectivity index (χ1n) is 8.50. The van der Waals surface area contributed by atoms with E-state index in [-0.39, 0.29) is 0 Å². The van der Waals surface area contributed by atoms with Crippen LogP contribution in [0.25, 0.3) is 11.1 Å². The number of aryl methyl sites for hydroxylation is 2. The van der Waals surface area contributed by atoms with Gasteiger partial charge in [-0.05, 0) is 0 Å². The van der Waals surface area contributed by atoms with E-state index >= 15 is 0 Å². The van der Waals surface area contributed by atoms with Gasteiger partial charge in [-0.1, -0.05) is 0 Å². The molecule has 0 N–H and O–H groups in total. The van der Waals surface area contributed by atoms with E-state index in [0.717, 1.165) is 11.1 Å². The fourth-order valence-electron chi connectivity index (χ4n) is 3.04. The molecule has 0 aliphatic carbocycles. The number of carbonyl (C=O) groups excluding carboxylic acids is 3. The summed E-state index contributed by atoms with van der Waals surface area (Å²) in [5.74, 6) is -2.03. The Kier molecular flexibility index (Phi) is 7.22. The van der Waals surface area contributed by atoms with Gasteiger partial charge in [-0.2, -0.15) is 0 Å². The van der Waals surface area contributed by atoms with Crippen LogP contribution in [0.4, 0.5) is 0 Å². The minimum absolute atomic E-state index is 0.491. The van der Waals surface area contributed by atoms with Gasteiger partial charge in [0.25, 0.3) is 0 Å². The first-order chi connectivity index (χ1) is 13.0. The van der Waals surface area contributed by atoms with Crippen LogP contribution in [-0.2, 0) is 22.4 Å². The molecule has 0 spiro atoms. The van der Waals surface area contributed by atoms with Crippen LogP contribution in [0.2, 0.25) is 5.02 Å². The quantitative estimate of drug-likeness (QED) is 0.490. The zero-order chi connectivity index (χ0) is 21.1. The maximum atomic E-state index is 11.8. The Morgan fingerprint density at radius 1 is 0.750 bits per heavy atom.